The molecule has 2 aromatic carbocycles. The molecule has 0 atom stereocenters. The third kappa shape index (κ3) is 3.84. The van der Waals surface area contributed by atoms with Crippen molar-refractivity contribution in [2.75, 3.05) is 5.32 Å². The van der Waals surface area contributed by atoms with Crippen LogP contribution in [0.1, 0.15) is 5.01 Å². The molecule has 0 amide bonds. The average molecular weight is 386 g/mol. The van der Waals surface area contributed by atoms with Crippen LogP contribution < -0.4 is 5.32 Å². The fourth-order valence-electron chi connectivity index (χ4n) is 2.18. The molecule has 0 bridgehead atoms. The van der Waals surface area contributed by atoms with Gasteiger partial charge in [0.1, 0.15) is 15.0 Å². The smallest absolute Gasteiger partial charge is 0.206 e. The summed E-state index contributed by atoms with van der Waals surface area (Å²) in [6.07, 6.45) is 0. The van der Waals surface area contributed by atoms with Crippen molar-refractivity contribution in [3.8, 4) is 21.1 Å². The Labute approximate surface area is 157 Å². The van der Waals surface area contributed by atoms with Crippen molar-refractivity contribution in [1.82, 2.24) is 20.4 Å². The minimum absolute atomic E-state index is 0.564. The first-order valence-corrected chi connectivity index (χ1v) is 9.50. The van der Waals surface area contributed by atoms with E-state index in [1.54, 1.807) is 11.3 Å². The maximum absolute atomic E-state index is 5.91. The lowest BCUT2D eigenvalue weighted by Gasteiger charge is -1.96. The summed E-state index contributed by atoms with van der Waals surface area (Å²) >= 11 is 8.98. The molecule has 0 unspecified atom stereocenters. The monoisotopic (exact) mass is 385 g/mol. The summed E-state index contributed by atoms with van der Waals surface area (Å²) in [6.45, 7) is 0.564. The number of hydrogen-bond acceptors (Lipinski definition) is 7. The van der Waals surface area contributed by atoms with Crippen LogP contribution >= 0.6 is 34.3 Å². The van der Waals surface area contributed by atoms with E-state index in [-0.39, 0.29) is 0 Å². The van der Waals surface area contributed by atoms with E-state index in [9.17, 15) is 0 Å². The molecule has 5 nitrogen and oxygen atoms in total. The topological polar surface area (TPSA) is 63.6 Å². The van der Waals surface area contributed by atoms with Crippen molar-refractivity contribution in [2.45, 2.75) is 6.54 Å². The van der Waals surface area contributed by atoms with Crippen LogP contribution in [-0.2, 0) is 6.54 Å². The second-order valence-corrected chi connectivity index (χ2v) is 7.62. The zero-order chi connectivity index (χ0) is 17.1. The molecule has 2 heterocycles. The van der Waals surface area contributed by atoms with Crippen LogP contribution in [0.2, 0.25) is 5.02 Å². The molecule has 4 aromatic rings. The van der Waals surface area contributed by atoms with Gasteiger partial charge < -0.3 is 5.32 Å². The van der Waals surface area contributed by atoms with E-state index >= 15 is 0 Å². The van der Waals surface area contributed by atoms with Crippen molar-refractivity contribution in [1.29, 1.82) is 0 Å². The molecule has 0 saturated carbocycles. The third-order valence-electron chi connectivity index (χ3n) is 3.39. The van der Waals surface area contributed by atoms with Crippen LogP contribution in [0.5, 0.6) is 0 Å². The van der Waals surface area contributed by atoms with Crippen LogP contribution in [0.4, 0.5) is 5.13 Å². The van der Waals surface area contributed by atoms with Gasteiger partial charge in [0.05, 0.1) is 6.54 Å². The van der Waals surface area contributed by atoms with Crippen molar-refractivity contribution in [3.05, 3.63) is 64.6 Å². The molecule has 124 valence electrons. The fraction of sp³-hybridized carbons (Fsp3) is 0.0588. The van der Waals surface area contributed by atoms with Gasteiger partial charge >= 0.3 is 0 Å². The number of nitrogens with zero attached hydrogens (tertiary/aromatic N) is 4. The Hall–Kier alpha value is -2.35. The molecule has 2 aromatic heterocycles. The first-order chi connectivity index (χ1) is 12.3. The maximum Gasteiger partial charge on any atom is 0.206 e. The summed E-state index contributed by atoms with van der Waals surface area (Å²) in [5.74, 6) is 0. The SMILES string of the molecule is Clc1ccc(-c2nnc(CNc3nnc(-c4ccccc4)s3)s2)cc1. The summed E-state index contributed by atoms with van der Waals surface area (Å²) < 4.78 is 0. The van der Waals surface area contributed by atoms with Gasteiger partial charge in [0.15, 0.2) is 0 Å². The number of aromatic nitrogens is 4. The predicted molar refractivity (Wildman–Crippen MR) is 103 cm³/mol. The number of rotatable bonds is 5. The molecule has 0 saturated heterocycles. The molecule has 25 heavy (non-hydrogen) atoms. The average Bonchev–Trinajstić information content (AvgIpc) is 3.31. The van der Waals surface area contributed by atoms with Gasteiger partial charge in [-0.3, -0.25) is 0 Å². The number of halogens is 1. The van der Waals surface area contributed by atoms with E-state index in [1.165, 1.54) is 11.3 Å². The Morgan fingerprint density at radius 1 is 0.760 bits per heavy atom. The van der Waals surface area contributed by atoms with Gasteiger partial charge in [-0.1, -0.05) is 76.7 Å². The predicted octanol–water partition coefficient (Wildman–Crippen LogP) is 4.99. The van der Waals surface area contributed by atoms with Crippen LogP contribution in [0.3, 0.4) is 0 Å². The summed E-state index contributed by atoms with van der Waals surface area (Å²) in [5.41, 5.74) is 2.07. The van der Waals surface area contributed by atoms with E-state index < -0.39 is 0 Å². The number of hydrogen-bond donors (Lipinski definition) is 1. The lowest BCUT2D eigenvalue weighted by Crippen LogP contribution is -1.98. The van der Waals surface area contributed by atoms with E-state index in [4.69, 9.17) is 11.6 Å². The van der Waals surface area contributed by atoms with Crippen molar-refractivity contribution in [2.24, 2.45) is 0 Å². The fourth-order valence-corrected chi connectivity index (χ4v) is 3.83. The Morgan fingerprint density at radius 3 is 2.24 bits per heavy atom. The minimum atomic E-state index is 0.564. The quantitative estimate of drug-likeness (QED) is 0.524. The molecule has 0 aliphatic carbocycles. The van der Waals surface area contributed by atoms with Crippen LogP contribution in [-0.4, -0.2) is 20.4 Å². The molecule has 0 aliphatic rings. The summed E-state index contributed by atoms with van der Waals surface area (Å²) in [7, 11) is 0. The highest BCUT2D eigenvalue weighted by atomic mass is 35.5. The van der Waals surface area contributed by atoms with E-state index in [0.29, 0.717) is 11.6 Å². The first kappa shape index (κ1) is 16.1. The van der Waals surface area contributed by atoms with Crippen LogP contribution in [0.25, 0.3) is 21.1 Å². The molecule has 8 heteroatoms. The zero-order valence-corrected chi connectivity index (χ0v) is 15.3. The third-order valence-corrected chi connectivity index (χ3v) is 5.55. The zero-order valence-electron chi connectivity index (χ0n) is 12.9. The highest BCUT2D eigenvalue weighted by molar-refractivity contribution is 7.18. The summed E-state index contributed by atoms with van der Waals surface area (Å²) in [6, 6.07) is 17.6. The molecule has 0 radical (unpaired) electrons. The van der Waals surface area contributed by atoms with Crippen molar-refractivity contribution < 1.29 is 0 Å². The van der Waals surface area contributed by atoms with Gasteiger partial charge in [0.25, 0.3) is 0 Å². The molecule has 0 aliphatic heterocycles. The standard InChI is InChI=1S/C17H12ClN5S2/c18-13-8-6-12(7-9-13)15-21-20-14(24-15)10-19-17-23-22-16(25-17)11-4-2-1-3-5-11/h1-9H,10H2,(H,19,23). The Balaban J connectivity index is 1.42. The van der Waals surface area contributed by atoms with Crippen LogP contribution in [0.15, 0.2) is 54.6 Å². The van der Waals surface area contributed by atoms with Gasteiger partial charge in [0.2, 0.25) is 5.13 Å². The molecular weight excluding hydrogens is 374 g/mol. The molecule has 4 rings (SSSR count). The van der Waals surface area contributed by atoms with Gasteiger partial charge in [-0.05, 0) is 12.1 Å². The van der Waals surface area contributed by atoms with Crippen LogP contribution in [0, 0.1) is 0 Å². The van der Waals surface area contributed by atoms with Crippen molar-refractivity contribution >= 4 is 39.4 Å². The largest absolute Gasteiger partial charge is 0.353 e. The highest BCUT2D eigenvalue weighted by Crippen LogP contribution is 2.28. The lowest BCUT2D eigenvalue weighted by molar-refractivity contribution is 0.980. The molecule has 0 spiro atoms. The summed E-state index contributed by atoms with van der Waals surface area (Å²) in [4.78, 5) is 0. The summed E-state index contributed by atoms with van der Waals surface area (Å²) in [5, 5.41) is 24.2. The van der Waals surface area contributed by atoms with E-state index in [1.807, 2.05) is 54.6 Å². The number of anilines is 1. The van der Waals surface area contributed by atoms with Gasteiger partial charge in [-0.15, -0.1) is 20.4 Å². The minimum Gasteiger partial charge on any atom is -0.353 e. The van der Waals surface area contributed by atoms with Gasteiger partial charge in [-0.2, -0.15) is 0 Å². The molecular formula is C17H12ClN5S2. The van der Waals surface area contributed by atoms with Crippen molar-refractivity contribution in [3.63, 3.8) is 0 Å². The highest BCUT2D eigenvalue weighted by Gasteiger charge is 2.09. The first-order valence-electron chi connectivity index (χ1n) is 7.49. The second-order valence-electron chi connectivity index (χ2n) is 5.14. The van der Waals surface area contributed by atoms with Gasteiger partial charge in [-0.25, -0.2) is 0 Å². The Morgan fingerprint density at radius 2 is 1.44 bits per heavy atom. The Kier molecular flexibility index (Phi) is 4.69. The van der Waals surface area contributed by atoms with E-state index in [2.05, 4.69) is 25.7 Å². The number of nitrogens with one attached hydrogen (secondary N) is 1. The molecule has 1 N–H and O–H groups in total. The number of benzene rings is 2. The lowest BCUT2D eigenvalue weighted by atomic mass is 10.2. The second kappa shape index (κ2) is 7.26. The van der Waals surface area contributed by atoms with E-state index in [0.717, 1.165) is 31.3 Å². The maximum atomic E-state index is 5.91. The molecule has 0 fully saturated rings. The Bertz CT molecular complexity index is 966. The normalized spacial score (nSPS) is 10.8. The van der Waals surface area contributed by atoms with Gasteiger partial charge in [0, 0.05) is 16.1 Å².